The molecule has 0 spiro atoms. The number of unbranched alkanes of at least 4 members (excludes halogenated alkanes) is 11. The van der Waals surface area contributed by atoms with E-state index in [1.807, 2.05) is 0 Å². The van der Waals surface area contributed by atoms with Crippen molar-refractivity contribution in [1.82, 2.24) is 0 Å². The minimum absolute atomic E-state index is 0.866. The Labute approximate surface area is 115 Å². The zero-order chi connectivity index (χ0) is 13.3. The van der Waals surface area contributed by atoms with Gasteiger partial charge in [-0.2, -0.15) is 0 Å². The second-order valence-electron chi connectivity index (χ2n) is 5.37. The fourth-order valence-corrected chi connectivity index (χ4v) is 2.22. The topological polar surface area (TPSA) is 26.0 Å². The van der Waals surface area contributed by atoms with Crippen LogP contribution in [0.3, 0.4) is 0 Å². The Morgan fingerprint density at radius 2 is 1.06 bits per heavy atom. The van der Waals surface area contributed by atoms with Crippen molar-refractivity contribution in [3.05, 3.63) is 12.2 Å². The molecule has 0 heterocycles. The summed E-state index contributed by atoms with van der Waals surface area (Å²) in [6, 6.07) is 0. The van der Waals surface area contributed by atoms with Crippen molar-refractivity contribution in [2.45, 2.75) is 90.4 Å². The smallest absolute Gasteiger partial charge is 0.00773 e. The van der Waals surface area contributed by atoms with Gasteiger partial charge in [0.05, 0.1) is 0 Å². The van der Waals surface area contributed by atoms with E-state index in [2.05, 4.69) is 19.1 Å². The summed E-state index contributed by atoms with van der Waals surface area (Å²) in [6.07, 6.45) is 22.4. The van der Waals surface area contributed by atoms with Crippen LogP contribution in [0.1, 0.15) is 90.4 Å². The fourth-order valence-electron chi connectivity index (χ4n) is 2.22. The van der Waals surface area contributed by atoms with Gasteiger partial charge in [0.1, 0.15) is 0 Å². The number of allylic oxidation sites excluding steroid dienone is 2. The first kappa shape index (κ1) is 17.7. The Morgan fingerprint density at radius 3 is 1.56 bits per heavy atom. The highest BCUT2D eigenvalue weighted by atomic mass is 14.5. The molecule has 108 valence electrons. The third kappa shape index (κ3) is 15.7. The van der Waals surface area contributed by atoms with Crippen LogP contribution in [0.5, 0.6) is 0 Å². The van der Waals surface area contributed by atoms with Crippen LogP contribution in [0, 0.1) is 0 Å². The SMILES string of the molecule is CCCCC/C=C/CCCCCCCCCCN. The molecule has 0 radical (unpaired) electrons. The summed E-state index contributed by atoms with van der Waals surface area (Å²) in [6.45, 7) is 3.13. The Bertz CT molecular complexity index is 163. The Balaban J connectivity index is 2.98. The number of nitrogens with two attached hydrogens (primary N) is 1. The van der Waals surface area contributed by atoms with E-state index in [-0.39, 0.29) is 0 Å². The molecule has 0 rings (SSSR count). The van der Waals surface area contributed by atoms with Gasteiger partial charge in [-0.3, -0.25) is 0 Å². The molecule has 0 aromatic heterocycles. The van der Waals surface area contributed by atoms with E-state index in [4.69, 9.17) is 5.73 Å². The maximum Gasteiger partial charge on any atom is -0.00773 e. The molecule has 0 amide bonds. The van der Waals surface area contributed by atoms with Crippen molar-refractivity contribution in [2.75, 3.05) is 6.54 Å². The molecule has 0 bridgehead atoms. The van der Waals surface area contributed by atoms with Crippen LogP contribution < -0.4 is 5.73 Å². The van der Waals surface area contributed by atoms with E-state index in [1.165, 1.54) is 83.5 Å². The van der Waals surface area contributed by atoms with Gasteiger partial charge in [-0.05, 0) is 38.6 Å². The van der Waals surface area contributed by atoms with Crippen LogP contribution in [0.2, 0.25) is 0 Å². The lowest BCUT2D eigenvalue weighted by molar-refractivity contribution is 0.571. The fraction of sp³-hybridized carbons (Fsp3) is 0.882. The molecule has 0 atom stereocenters. The van der Waals surface area contributed by atoms with Crippen LogP contribution in [-0.4, -0.2) is 6.54 Å². The van der Waals surface area contributed by atoms with Gasteiger partial charge in [0.15, 0.2) is 0 Å². The van der Waals surface area contributed by atoms with Crippen molar-refractivity contribution in [2.24, 2.45) is 5.73 Å². The Morgan fingerprint density at radius 1 is 0.611 bits per heavy atom. The number of rotatable bonds is 14. The third-order valence-electron chi connectivity index (χ3n) is 3.47. The van der Waals surface area contributed by atoms with Gasteiger partial charge >= 0.3 is 0 Å². The maximum absolute atomic E-state index is 5.47. The molecule has 18 heavy (non-hydrogen) atoms. The molecule has 2 N–H and O–H groups in total. The van der Waals surface area contributed by atoms with E-state index in [0.717, 1.165) is 6.54 Å². The van der Waals surface area contributed by atoms with Crippen molar-refractivity contribution in [3.63, 3.8) is 0 Å². The van der Waals surface area contributed by atoms with Crippen molar-refractivity contribution in [3.8, 4) is 0 Å². The second-order valence-corrected chi connectivity index (χ2v) is 5.37. The van der Waals surface area contributed by atoms with E-state index >= 15 is 0 Å². The highest BCUT2D eigenvalue weighted by Crippen LogP contribution is 2.10. The Kier molecular flexibility index (Phi) is 16.4. The van der Waals surface area contributed by atoms with Crippen molar-refractivity contribution >= 4 is 0 Å². The molecule has 1 nitrogen and oxygen atoms in total. The molecule has 0 saturated heterocycles. The minimum Gasteiger partial charge on any atom is -0.330 e. The van der Waals surface area contributed by atoms with E-state index in [1.54, 1.807) is 0 Å². The summed E-state index contributed by atoms with van der Waals surface area (Å²) in [5.74, 6) is 0. The molecule has 0 aromatic rings. The molecule has 0 fully saturated rings. The predicted octanol–water partition coefficient (Wildman–Crippen LogP) is 5.59. The standard InChI is InChI=1S/C17H35N/c1-2-3-4-5-6-7-8-9-10-11-12-13-14-15-16-17-18/h6-7H,2-5,8-18H2,1H3/b7-6+. The van der Waals surface area contributed by atoms with Crippen LogP contribution >= 0.6 is 0 Å². The van der Waals surface area contributed by atoms with Gasteiger partial charge < -0.3 is 5.73 Å². The largest absolute Gasteiger partial charge is 0.330 e. The maximum atomic E-state index is 5.47. The van der Waals surface area contributed by atoms with Crippen molar-refractivity contribution in [1.29, 1.82) is 0 Å². The lowest BCUT2D eigenvalue weighted by Crippen LogP contribution is -1.97. The lowest BCUT2D eigenvalue weighted by atomic mass is 10.1. The normalized spacial score (nSPS) is 11.4. The van der Waals surface area contributed by atoms with E-state index < -0.39 is 0 Å². The Hall–Kier alpha value is -0.300. The second kappa shape index (κ2) is 16.7. The summed E-state index contributed by atoms with van der Waals surface area (Å²) >= 11 is 0. The first-order valence-corrected chi connectivity index (χ1v) is 8.27. The van der Waals surface area contributed by atoms with Gasteiger partial charge in [0.25, 0.3) is 0 Å². The molecule has 1 heteroatoms. The molecule has 0 aromatic carbocycles. The average Bonchev–Trinajstić information content (AvgIpc) is 2.39. The summed E-state index contributed by atoms with van der Waals surface area (Å²) in [4.78, 5) is 0. The summed E-state index contributed by atoms with van der Waals surface area (Å²) in [5, 5.41) is 0. The summed E-state index contributed by atoms with van der Waals surface area (Å²) < 4.78 is 0. The predicted molar refractivity (Wildman–Crippen MR) is 83.9 cm³/mol. The van der Waals surface area contributed by atoms with Crippen LogP contribution in [-0.2, 0) is 0 Å². The van der Waals surface area contributed by atoms with Gasteiger partial charge in [-0.15, -0.1) is 0 Å². The highest BCUT2D eigenvalue weighted by Gasteiger charge is 1.91. The highest BCUT2D eigenvalue weighted by molar-refractivity contribution is 4.81. The zero-order valence-corrected chi connectivity index (χ0v) is 12.6. The molecule has 0 aliphatic carbocycles. The third-order valence-corrected chi connectivity index (χ3v) is 3.47. The molecule has 0 aliphatic rings. The monoisotopic (exact) mass is 253 g/mol. The average molecular weight is 253 g/mol. The van der Waals surface area contributed by atoms with Crippen LogP contribution in [0.4, 0.5) is 0 Å². The molecule has 0 saturated carbocycles. The molecule has 0 unspecified atom stereocenters. The van der Waals surface area contributed by atoms with Gasteiger partial charge in [0, 0.05) is 0 Å². The molecular weight excluding hydrogens is 218 g/mol. The van der Waals surface area contributed by atoms with Crippen molar-refractivity contribution < 1.29 is 0 Å². The van der Waals surface area contributed by atoms with Gasteiger partial charge in [-0.1, -0.05) is 70.4 Å². The van der Waals surface area contributed by atoms with E-state index in [9.17, 15) is 0 Å². The summed E-state index contributed by atoms with van der Waals surface area (Å²) in [7, 11) is 0. The minimum atomic E-state index is 0.866. The number of hydrogen-bond acceptors (Lipinski definition) is 1. The van der Waals surface area contributed by atoms with Crippen LogP contribution in [0.25, 0.3) is 0 Å². The zero-order valence-electron chi connectivity index (χ0n) is 12.6. The van der Waals surface area contributed by atoms with Crippen LogP contribution in [0.15, 0.2) is 12.2 Å². The lowest BCUT2D eigenvalue weighted by Gasteiger charge is -2.00. The van der Waals surface area contributed by atoms with E-state index in [0.29, 0.717) is 0 Å². The van der Waals surface area contributed by atoms with Gasteiger partial charge in [0.2, 0.25) is 0 Å². The quantitative estimate of drug-likeness (QED) is 0.317. The molecule has 0 aliphatic heterocycles. The van der Waals surface area contributed by atoms with Gasteiger partial charge in [-0.25, -0.2) is 0 Å². The summed E-state index contributed by atoms with van der Waals surface area (Å²) in [5.41, 5.74) is 5.47. The first-order valence-electron chi connectivity index (χ1n) is 8.27. The molecular formula is C17H35N. The first-order chi connectivity index (χ1) is 8.91. The number of hydrogen-bond donors (Lipinski definition) is 1.